The van der Waals surface area contributed by atoms with Gasteiger partial charge >= 0.3 is 12.1 Å². The fourth-order valence-electron chi connectivity index (χ4n) is 10.1. The molecule has 2 saturated heterocycles. The summed E-state index contributed by atoms with van der Waals surface area (Å²) in [5, 5.41) is 32.7. The third-order valence-corrected chi connectivity index (χ3v) is 15.6. The third kappa shape index (κ3) is 16.5. The summed E-state index contributed by atoms with van der Waals surface area (Å²) in [5.74, 6) is -2.77. The van der Waals surface area contributed by atoms with Gasteiger partial charge in [-0.15, -0.1) is 0 Å². The number of para-hydroxylation sites is 1. The second kappa shape index (κ2) is 29.2. The van der Waals surface area contributed by atoms with E-state index in [4.69, 9.17) is 44.8 Å². The number of hydrazine groups is 1. The van der Waals surface area contributed by atoms with E-state index in [1.54, 1.807) is 45.2 Å². The highest BCUT2D eigenvalue weighted by atomic mass is 35.5. The number of allylic oxidation sites excluding steroid dienone is 3. The monoisotopic (exact) mass is 1150 g/mol. The number of carbonyl (C=O) groups is 6. The topological polar surface area (TPSA) is 274 Å². The molecule has 0 spiro atoms. The quantitative estimate of drug-likeness (QED) is 0.0324. The molecule has 1 unspecified atom stereocenters. The van der Waals surface area contributed by atoms with Gasteiger partial charge in [0.05, 0.1) is 64.7 Å². The van der Waals surface area contributed by atoms with E-state index in [0.29, 0.717) is 30.9 Å². The largest absolute Gasteiger partial charge is 0.495 e. The maximum Gasteiger partial charge on any atom is 0.409 e. The number of nitrogens with zero attached hydrogens (tertiary/aromatic N) is 4. The number of aliphatic hydroxyl groups is 2. The maximum absolute atomic E-state index is 14.4. The van der Waals surface area contributed by atoms with Gasteiger partial charge in [-0.2, -0.15) is 0 Å². The Hall–Kier alpha value is -6.15. The number of ether oxygens (including phenoxy) is 7. The van der Waals surface area contributed by atoms with E-state index in [-0.39, 0.29) is 82.6 Å². The minimum atomic E-state index is -1.88. The number of alkyl carbamates (subject to hydrolysis) is 1. The number of esters is 1. The molecule has 2 aromatic carbocycles. The smallest absolute Gasteiger partial charge is 0.409 e. The minimum Gasteiger partial charge on any atom is -0.495 e. The maximum atomic E-state index is 14.4. The Morgan fingerprint density at radius 3 is 2.47 bits per heavy atom. The van der Waals surface area contributed by atoms with Crippen LogP contribution in [0.1, 0.15) is 71.1 Å². The molecule has 4 heterocycles. The number of likely N-dealkylation sites (N-methyl/N-ethyl adjacent to an activating group) is 1. The van der Waals surface area contributed by atoms with Crippen LogP contribution in [-0.2, 0) is 71.9 Å². The van der Waals surface area contributed by atoms with E-state index < -0.39 is 83.5 Å². The summed E-state index contributed by atoms with van der Waals surface area (Å²) >= 11 is 6.82. The first-order valence-electron chi connectivity index (χ1n) is 27.2. The van der Waals surface area contributed by atoms with Crippen LogP contribution in [0.3, 0.4) is 0 Å². The van der Waals surface area contributed by atoms with Gasteiger partial charge in [-0.25, -0.2) is 14.6 Å². The van der Waals surface area contributed by atoms with Crippen molar-refractivity contribution < 1.29 is 72.1 Å². The molecule has 0 radical (unpaired) electrons. The molecule has 2 fully saturated rings. The predicted octanol–water partition coefficient (Wildman–Crippen LogP) is 3.53. The van der Waals surface area contributed by atoms with E-state index in [0.717, 1.165) is 27.7 Å². The van der Waals surface area contributed by atoms with Gasteiger partial charge in [-0.1, -0.05) is 60.5 Å². The number of aliphatic hydroxyl groups excluding tert-OH is 1. The molecule has 0 aliphatic carbocycles. The van der Waals surface area contributed by atoms with Crippen LogP contribution in [-0.4, -0.2) is 190 Å². The summed E-state index contributed by atoms with van der Waals surface area (Å²) < 4.78 is 42.8. The number of carbonyl (C=O) groups excluding carboxylic acids is 6. The first kappa shape index (κ1) is 64.0. The molecule has 24 heteroatoms. The number of rotatable bonds is 24. The van der Waals surface area contributed by atoms with Crippen LogP contribution < -0.4 is 31.0 Å². The number of amides is 5. The minimum absolute atomic E-state index is 0.000411. The van der Waals surface area contributed by atoms with Gasteiger partial charge in [0.25, 0.3) is 0 Å². The first-order valence-corrected chi connectivity index (χ1v) is 27.6. The number of aryl methyl sites for hydroxylation is 1. The lowest BCUT2D eigenvalue weighted by Crippen LogP contribution is -2.63. The van der Waals surface area contributed by atoms with Crippen LogP contribution in [0.25, 0.3) is 10.9 Å². The zero-order valence-corrected chi connectivity index (χ0v) is 48.8. The molecule has 9 atom stereocenters. The van der Waals surface area contributed by atoms with Gasteiger partial charge in [0.2, 0.25) is 23.6 Å². The molecule has 6 N–H and O–H groups in total. The Morgan fingerprint density at radius 2 is 1.77 bits per heavy atom. The van der Waals surface area contributed by atoms with Crippen molar-refractivity contribution in [2.24, 2.45) is 5.92 Å². The number of epoxide rings is 1. The summed E-state index contributed by atoms with van der Waals surface area (Å²) in [6.45, 7) is 8.08. The molecule has 3 aliphatic rings. The number of fused-ring (bicyclic) bond motifs is 6. The number of benzene rings is 2. The molecule has 3 aliphatic heterocycles. The van der Waals surface area contributed by atoms with E-state index in [2.05, 4.69) is 32.0 Å². The first-order chi connectivity index (χ1) is 38.6. The van der Waals surface area contributed by atoms with Crippen LogP contribution in [0.4, 0.5) is 10.5 Å². The molecule has 3 aromatic rings. The molecule has 5 amide bonds. The molecular formula is C57H81ClN8O15. The van der Waals surface area contributed by atoms with Crippen LogP contribution in [0.15, 0.2) is 66.3 Å². The number of hydrogen-bond acceptors (Lipinski definition) is 17. The van der Waals surface area contributed by atoms with Gasteiger partial charge in [-0.05, 0) is 75.9 Å². The van der Waals surface area contributed by atoms with Gasteiger partial charge < -0.3 is 68.4 Å². The molecular weight excluding hydrogens is 1070 g/mol. The summed E-state index contributed by atoms with van der Waals surface area (Å²) in [6.07, 6.45) is 0.494. The van der Waals surface area contributed by atoms with Gasteiger partial charge in [-0.3, -0.25) is 29.9 Å². The van der Waals surface area contributed by atoms with Crippen molar-refractivity contribution in [2.75, 3.05) is 86.9 Å². The number of methoxy groups -OCH3 is 2. The standard InChI is InChI=1S/C57H81ClN8O15/c1-35-14-13-17-46(76-10)57(74)33-45(79-55(73)62-57)36(2)52-56(4,81-52)47(32-50(70)65(8)43-29-38(28-35)30-44(75-9)51(43)58)80-54(72)37(3)64(7)49(69)20-24-77-26-27-78-25-21-60-53(71)41(19-23-67)61-48(68)18-22-66-40(34-63(6)59-5)31-39-15-11-12-16-42(39)66/h11-17,29-31,36-37,41,45-47,52,59,67,74H,18-28,32-34H2,1-10H3,(H,60,71)(H,61,68)(H,62,73)/b17-13+,35-14+/t36-,37+,41+,45+,46-,47+,52?,56+,57+/m1/s1. The van der Waals surface area contributed by atoms with Crippen LogP contribution in [0.2, 0.25) is 5.02 Å². The predicted molar refractivity (Wildman–Crippen MR) is 301 cm³/mol. The normalized spacial score (nSPS) is 24.9. The average Bonchev–Trinajstić information content (AvgIpc) is 4.26. The fourth-order valence-corrected chi connectivity index (χ4v) is 10.4. The lowest BCUT2D eigenvalue weighted by molar-refractivity contribution is -0.162. The van der Waals surface area contributed by atoms with Crippen molar-refractivity contribution in [3.63, 3.8) is 0 Å². The van der Waals surface area contributed by atoms with Crippen molar-refractivity contribution in [3.8, 4) is 5.75 Å². The van der Waals surface area contributed by atoms with Crippen molar-refractivity contribution in [1.82, 2.24) is 35.9 Å². The number of aromatic nitrogens is 1. The molecule has 446 valence electrons. The van der Waals surface area contributed by atoms with E-state index in [1.165, 1.54) is 38.0 Å². The molecule has 81 heavy (non-hydrogen) atoms. The lowest BCUT2D eigenvalue weighted by Gasteiger charge is -2.42. The molecule has 23 nitrogen and oxygen atoms in total. The van der Waals surface area contributed by atoms with Crippen LogP contribution in [0, 0.1) is 5.92 Å². The molecule has 1 aromatic heterocycles. The van der Waals surface area contributed by atoms with Gasteiger partial charge in [0.15, 0.2) is 5.72 Å². The second-order valence-electron chi connectivity index (χ2n) is 21.0. The summed E-state index contributed by atoms with van der Waals surface area (Å²) in [4.78, 5) is 83.6. The van der Waals surface area contributed by atoms with E-state index in [9.17, 15) is 39.0 Å². The Morgan fingerprint density at radius 1 is 1.04 bits per heavy atom. The van der Waals surface area contributed by atoms with Crippen molar-refractivity contribution in [1.29, 1.82) is 0 Å². The molecule has 0 saturated carbocycles. The summed E-state index contributed by atoms with van der Waals surface area (Å²) in [5.41, 5.74) is 3.95. The highest BCUT2D eigenvalue weighted by Crippen LogP contribution is 2.49. The van der Waals surface area contributed by atoms with Crippen LogP contribution >= 0.6 is 11.6 Å². The number of anilines is 1. The highest BCUT2D eigenvalue weighted by Gasteiger charge is 2.64. The molecule has 6 rings (SSSR count). The number of hydrogen-bond donors (Lipinski definition) is 6. The van der Waals surface area contributed by atoms with Gasteiger partial charge in [0, 0.05) is 77.9 Å². The molecule has 4 bridgehead atoms. The van der Waals surface area contributed by atoms with E-state index >= 15 is 0 Å². The summed E-state index contributed by atoms with van der Waals surface area (Å²) in [6, 6.07) is 11.5. The zero-order valence-electron chi connectivity index (χ0n) is 48.1. The Labute approximate surface area is 478 Å². The van der Waals surface area contributed by atoms with Crippen molar-refractivity contribution >= 4 is 63.9 Å². The van der Waals surface area contributed by atoms with Gasteiger partial charge in [0.1, 0.15) is 46.8 Å². The summed E-state index contributed by atoms with van der Waals surface area (Å²) in [7, 11) is 9.65. The van der Waals surface area contributed by atoms with Crippen molar-refractivity contribution in [3.05, 3.63) is 82.5 Å². The number of nitrogens with one attached hydrogen (secondary N) is 4. The van der Waals surface area contributed by atoms with Crippen molar-refractivity contribution in [2.45, 2.75) is 127 Å². The highest BCUT2D eigenvalue weighted by molar-refractivity contribution is 6.35. The average molecular weight is 1150 g/mol. The number of halogens is 1. The Balaban J connectivity index is 0.993. The Kier molecular flexibility index (Phi) is 23.1. The second-order valence-corrected chi connectivity index (χ2v) is 21.4. The SMILES string of the molecule is CNN(C)Cc1cc2ccccc2n1CCC(=O)N[C@@H](CCO)C(=O)NCCOCCOCCC(=O)N(C)[C@@H](C)C(=O)O[C@H]1CC(=O)N(C)c2cc(cc(OC)c2Cl)C/C(C)=C/C=C/[C@@H](OC)[C@@]2(O)C[C@H](OC(=O)N2)[C@@H](C)C2O[C@]21C. The van der Waals surface area contributed by atoms with Crippen LogP contribution in [0.5, 0.6) is 5.75 Å². The Bertz CT molecular complexity index is 2760. The zero-order chi connectivity index (χ0) is 59.2. The third-order valence-electron chi connectivity index (χ3n) is 15.2. The fraction of sp³-hybridized carbons (Fsp3) is 0.579. The van der Waals surface area contributed by atoms with E-state index in [1.807, 2.05) is 56.4 Å². The lowest BCUT2D eigenvalue weighted by atomic mass is 9.83.